The number of ketones is 1. The van der Waals surface area contributed by atoms with Gasteiger partial charge >= 0.3 is 0 Å². The lowest BCUT2D eigenvalue weighted by Crippen LogP contribution is -2.00. The Kier molecular flexibility index (Phi) is 3.18. The van der Waals surface area contributed by atoms with Gasteiger partial charge in [-0.15, -0.1) is 0 Å². The normalized spacial score (nSPS) is 11.2. The Balaban J connectivity index is 1.62. The molecular formula is C21H14N4O. The molecule has 0 aliphatic carbocycles. The predicted molar refractivity (Wildman–Crippen MR) is 101 cm³/mol. The highest BCUT2D eigenvalue weighted by Gasteiger charge is 2.16. The van der Waals surface area contributed by atoms with E-state index in [1.54, 1.807) is 24.8 Å². The highest BCUT2D eigenvalue weighted by atomic mass is 16.1. The number of nitrogens with zero attached hydrogens (tertiary/aromatic N) is 2. The van der Waals surface area contributed by atoms with Crippen molar-refractivity contribution < 1.29 is 4.79 Å². The van der Waals surface area contributed by atoms with Crippen molar-refractivity contribution in [2.45, 2.75) is 0 Å². The second-order valence-electron chi connectivity index (χ2n) is 6.17. The van der Waals surface area contributed by atoms with Crippen LogP contribution in [0.15, 0.2) is 73.4 Å². The first-order chi connectivity index (χ1) is 12.8. The van der Waals surface area contributed by atoms with Crippen LogP contribution in [0.5, 0.6) is 0 Å². The fraction of sp³-hybridized carbons (Fsp3) is 0. The van der Waals surface area contributed by atoms with E-state index in [1.165, 1.54) is 0 Å². The van der Waals surface area contributed by atoms with E-state index in [2.05, 4.69) is 19.9 Å². The maximum atomic E-state index is 13.1. The van der Waals surface area contributed by atoms with Gasteiger partial charge < -0.3 is 9.97 Å². The topological polar surface area (TPSA) is 74.4 Å². The Bertz CT molecular complexity index is 1250. The van der Waals surface area contributed by atoms with Crippen LogP contribution in [0.3, 0.4) is 0 Å². The van der Waals surface area contributed by atoms with Gasteiger partial charge in [0.05, 0.1) is 0 Å². The number of fused-ring (bicyclic) bond motifs is 2. The number of aromatic nitrogens is 4. The molecule has 0 radical (unpaired) electrons. The molecule has 4 aromatic heterocycles. The SMILES string of the molecule is O=C(c1ccc2cc[nH]c2c1)c1c[nH]c2ncc(-c3cccnc3)cc12. The van der Waals surface area contributed by atoms with E-state index in [9.17, 15) is 4.79 Å². The van der Waals surface area contributed by atoms with Gasteiger partial charge in [-0.1, -0.05) is 18.2 Å². The van der Waals surface area contributed by atoms with Gasteiger partial charge in [-0.3, -0.25) is 9.78 Å². The summed E-state index contributed by atoms with van der Waals surface area (Å²) < 4.78 is 0. The van der Waals surface area contributed by atoms with Crippen LogP contribution in [0.25, 0.3) is 33.1 Å². The number of hydrogen-bond acceptors (Lipinski definition) is 3. The largest absolute Gasteiger partial charge is 0.361 e. The van der Waals surface area contributed by atoms with E-state index in [0.717, 1.165) is 27.4 Å². The van der Waals surface area contributed by atoms with E-state index in [4.69, 9.17) is 0 Å². The Morgan fingerprint density at radius 3 is 2.81 bits per heavy atom. The number of carbonyl (C=O) groups excluding carboxylic acids is 1. The van der Waals surface area contributed by atoms with Crippen molar-refractivity contribution in [3.8, 4) is 11.1 Å². The predicted octanol–water partition coefficient (Wildman–Crippen LogP) is 4.34. The first-order valence-corrected chi connectivity index (χ1v) is 8.29. The molecule has 1 aromatic carbocycles. The molecule has 0 fully saturated rings. The number of H-pyrrole nitrogens is 2. The molecule has 0 amide bonds. The summed E-state index contributed by atoms with van der Waals surface area (Å²) in [5.41, 5.74) is 4.80. The molecule has 0 spiro atoms. The van der Waals surface area contributed by atoms with Crippen molar-refractivity contribution in [2.75, 3.05) is 0 Å². The van der Waals surface area contributed by atoms with Crippen molar-refractivity contribution in [3.05, 3.63) is 84.6 Å². The van der Waals surface area contributed by atoms with Crippen molar-refractivity contribution in [3.63, 3.8) is 0 Å². The maximum absolute atomic E-state index is 13.1. The minimum Gasteiger partial charge on any atom is -0.361 e. The minimum atomic E-state index is -0.0297. The molecule has 0 saturated heterocycles. The third-order valence-corrected chi connectivity index (χ3v) is 4.59. The average molecular weight is 338 g/mol. The van der Waals surface area contributed by atoms with Crippen LogP contribution in [0.1, 0.15) is 15.9 Å². The zero-order valence-electron chi connectivity index (χ0n) is 13.7. The fourth-order valence-corrected chi connectivity index (χ4v) is 3.23. The van der Waals surface area contributed by atoms with Crippen LogP contribution in [-0.4, -0.2) is 25.7 Å². The number of benzene rings is 1. The van der Waals surface area contributed by atoms with Gasteiger partial charge in [-0.05, 0) is 29.7 Å². The van der Waals surface area contributed by atoms with Gasteiger partial charge in [0.2, 0.25) is 0 Å². The molecule has 5 nitrogen and oxygen atoms in total. The first-order valence-electron chi connectivity index (χ1n) is 8.29. The summed E-state index contributed by atoms with van der Waals surface area (Å²) in [4.78, 5) is 27.9. The number of hydrogen-bond donors (Lipinski definition) is 2. The van der Waals surface area contributed by atoms with Crippen LogP contribution in [0.2, 0.25) is 0 Å². The zero-order chi connectivity index (χ0) is 17.5. The monoisotopic (exact) mass is 338 g/mol. The molecule has 0 bridgehead atoms. The lowest BCUT2D eigenvalue weighted by molar-refractivity contribution is 0.104. The quantitative estimate of drug-likeness (QED) is 0.481. The third kappa shape index (κ3) is 2.29. The molecule has 5 heteroatoms. The van der Waals surface area contributed by atoms with Crippen LogP contribution in [0.4, 0.5) is 0 Å². The summed E-state index contributed by atoms with van der Waals surface area (Å²) in [6, 6.07) is 13.5. The van der Waals surface area contributed by atoms with Gasteiger partial charge in [0.15, 0.2) is 5.78 Å². The first kappa shape index (κ1) is 14.6. The summed E-state index contributed by atoms with van der Waals surface area (Å²) in [6.07, 6.45) is 8.91. The van der Waals surface area contributed by atoms with Crippen LogP contribution >= 0.6 is 0 Å². The minimum absolute atomic E-state index is 0.0297. The van der Waals surface area contributed by atoms with Gasteiger partial charge in [0.25, 0.3) is 0 Å². The Morgan fingerprint density at radius 1 is 0.962 bits per heavy atom. The van der Waals surface area contributed by atoms with Crippen LogP contribution < -0.4 is 0 Å². The maximum Gasteiger partial charge on any atom is 0.195 e. The summed E-state index contributed by atoms with van der Waals surface area (Å²) in [5.74, 6) is -0.0297. The van der Waals surface area contributed by atoms with Crippen molar-refractivity contribution >= 4 is 27.7 Å². The second-order valence-corrected chi connectivity index (χ2v) is 6.17. The van der Waals surface area contributed by atoms with E-state index in [0.29, 0.717) is 16.8 Å². The fourth-order valence-electron chi connectivity index (χ4n) is 3.23. The molecule has 0 atom stereocenters. The molecule has 0 aliphatic heterocycles. The van der Waals surface area contributed by atoms with Crippen molar-refractivity contribution in [1.82, 2.24) is 19.9 Å². The molecule has 26 heavy (non-hydrogen) atoms. The van der Waals surface area contributed by atoms with Gasteiger partial charge in [-0.25, -0.2) is 4.98 Å². The molecule has 2 N–H and O–H groups in total. The van der Waals surface area contributed by atoms with Gasteiger partial charge in [-0.2, -0.15) is 0 Å². The number of rotatable bonds is 3. The highest BCUT2D eigenvalue weighted by molar-refractivity contribution is 6.17. The zero-order valence-corrected chi connectivity index (χ0v) is 13.7. The summed E-state index contributed by atoms with van der Waals surface area (Å²) in [7, 11) is 0. The van der Waals surface area contributed by atoms with E-state index >= 15 is 0 Å². The van der Waals surface area contributed by atoms with Gasteiger partial charge in [0, 0.05) is 64.1 Å². The highest BCUT2D eigenvalue weighted by Crippen LogP contribution is 2.26. The third-order valence-electron chi connectivity index (χ3n) is 4.59. The number of pyridine rings is 2. The van der Waals surface area contributed by atoms with Crippen LogP contribution in [-0.2, 0) is 0 Å². The Morgan fingerprint density at radius 2 is 1.92 bits per heavy atom. The van der Waals surface area contributed by atoms with E-state index in [-0.39, 0.29) is 5.78 Å². The smallest absolute Gasteiger partial charge is 0.195 e. The molecule has 0 aliphatic rings. The summed E-state index contributed by atoms with van der Waals surface area (Å²) in [6.45, 7) is 0. The number of carbonyl (C=O) groups is 1. The number of nitrogens with one attached hydrogen (secondary N) is 2. The summed E-state index contributed by atoms with van der Waals surface area (Å²) in [5, 5.41) is 1.89. The molecule has 5 rings (SSSR count). The molecule has 0 saturated carbocycles. The number of aromatic amines is 2. The van der Waals surface area contributed by atoms with E-state index < -0.39 is 0 Å². The van der Waals surface area contributed by atoms with Gasteiger partial charge in [0.1, 0.15) is 5.65 Å². The van der Waals surface area contributed by atoms with Crippen molar-refractivity contribution in [1.29, 1.82) is 0 Å². The molecule has 124 valence electrons. The van der Waals surface area contributed by atoms with Crippen LogP contribution in [0, 0.1) is 0 Å². The average Bonchev–Trinajstić information content (AvgIpc) is 3.33. The lowest BCUT2D eigenvalue weighted by Gasteiger charge is -2.03. The lowest BCUT2D eigenvalue weighted by atomic mass is 10.0. The van der Waals surface area contributed by atoms with E-state index in [1.807, 2.05) is 48.7 Å². The molecular weight excluding hydrogens is 324 g/mol. The van der Waals surface area contributed by atoms with Crippen molar-refractivity contribution in [2.24, 2.45) is 0 Å². The summed E-state index contributed by atoms with van der Waals surface area (Å²) >= 11 is 0. The second kappa shape index (κ2) is 5.67. The Labute approximate surface area is 148 Å². The molecule has 0 unspecified atom stereocenters. The standard InChI is InChI=1S/C21H14N4O/c26-20(14-4-3-13-5-7-23-19(13)9-14)18-12-25-21-17(18)8-16(11-24-21)15-2-1-6-22-10-15/h1-12,23H,(H,24,25). The molecule has 4 heterocycles. The molecule has 5 aromatic rings. The Hall–Kier alpha value is -3.73.